The van der Waals surface area contributed by atoms with E-state index in [1.54, 1.807) is 11.3 Å². The number of nitrogens with two attached hydrogens (primary N) is 1. The number of nitrogens with one attached hydrogen (secondary N) is 1. The number of rotatable bonds is 5. The largest absolute Gasteiger partial charge is 0.573 e. The van der Waals surface area contributed by atoms with E-state index in [1.807, 2.05) is 5.38 Å². The van der Waals surface area contributed by atoms with E-state index in [2.05, 4.69) is 40.8 Å². The Morgan fingerprint density at radius 1 is 1.23 bits per heavy atom. The number of anilines is 1. The van der Waals surface area contributed by atoms with Crippen molar-refractivity contribution in [2.75, 3.05) is 11.9 Å². The highest BCUT2D eigenvalue weighted by atomic mass is 32.1. The number of aromatic nitrogens is 1. The van der Waals surface area contributed by atoms with Gasteiger partial charge in [-0.05, 0) is 24.3 Å². The molecule has 1 heterocycles. The SMILES string of the molecule is CC(C)(C)c1nc(CCN=C(N)Nc2ccc(OC(F)(F)F)cc2)cs1. The maximum absolute atomic E-state index is 12.1. The first-order valence-corrected chi connectivity index (χ1v) is 8.78. The Morgan fingerprint density at radius 3 is 2.42 bits per heavy atom. The predicted octanol–water partition coefficient (Wildman–Crippen LogP) is 4.31. The van der Waals surface area contributed by atoms with Gasteiger partial charge in [-0.2, -0.15) is 0 Å². The standard InChI is InChI=1S/C17H21F3N4OS/c1-16(2,3)14-23-12(10-26-14)8-9-22-15(21)24-11-4-6-13(7-5-11)25-17(18,19)20/h4-7,10H,8-9H2,1-3H3,(H3,21,22,24). The Morgan fingerprint density at radius 2 is 1.88 bits per heavy atom. The van der Waals surface area contributed by atoms with Crippen molar-refractivity contribution in [1.29, 1.82) is 0 Å². The minimum Gasteiger partial charge on any atom is -0.406 e. The molecule has 3 N–H and O–H groups in total. The van der Waals surface area contributed by atoms with Crippen LogP contribution >= 0.6 is 11.3 Å². The van der Waals surface area contributed by atoms with E-state index in [4.69, 9.17) is 5.73 Å². The van der Waals surface area contributed by atoms with Gasteiger partial charge < -0.3 is 15.8 Å². The van der Waals surface area contributed by atoms with E-state index in [0.29, 0.717) is 18.7 Å². The van der Waals surface area contributed by atoms with E-state index >= 15 is 0 Å². The molecule has 0 amide bonds. The molecule has 5 nitrogen and oxygen atoms in total. The van der Waals surface area contributed by atoms with Crippen LogP contribution in [0.15, 0.2) is 34.6 Å². The van der Waals surface area contributed by atoms with Gasteiger partial charge in [-0.15, -0.1) is 24.5 Å². The summed E-state index contributed by atoms with van der Waals surface area (Å²) in [6.07, 6.45) is -4.05. The van der Waals surface area contributed by atoms with Crippen molar-refractivity contribution in [3.63, 3.8) is 0 Å². The molecule has 142 valence electrons. The molecule has 2 rings (SSSR count). The summed E-state index contributed by atoms with van der Waals surface area (Å²) in [6.45, 7) is 6.80. The highest BCUT2D eigenvalue weighted by Gasteiger charge is 2.30. The summed E-state index contributed by atoms with van der Waals surface area (Å²) in [4.78, 5) is 8.79. The molecule has 0 radical (unpaired) electrons. The van der Waals surface area contributed by atoms with Crippen LogP contribution in [0.4, 0.5) is 18.9 Å². The molecule has 0 fully saturated rings. The van der Waals surface area contributed by atoms with E-state index in [1.165, 1.54) is 24.3 Å². The molecule has 0 saturated heterocycles. The van der Waals surface area contributed by atoms with Crippen LogP contribution < -0.4 is 15.8 Å². The second kappa shape index (κ2) is 7.94. The number of benzene rings is 1. The highest BCUT2D eigenvalue weighted by Crippen LogP contribution is 2.26. The summed E-state index contributed by atoms with van der Waals surface area (Å²) in [5, 5.41) is 5.91. The summed E-state index contributed by atoms with van der Waals surface area (Å²) in [5.74, 6) is -0.113. The second-order valence-corrected chi connectivity index (χ2v) is 7.47. The van der Waals surface area contributed by atoms with Crippen molar-refractivity contribution in [3.8, 4) is 5.75 Å². The zero-order valence-electron chi connectivity index (χ0n) is 14.7. The molecule has 9 heteroatoms. The zero-order chi connectivity index (χ0) is 19.4. The third-order valence-corrected chi connectivity index (χ3v) is 4.52. The first kappa shape index (κ1) is 20.0. The fourth-order valence-corrected chi connectivity index (χ4v) is 2.93. The minimum atomic E-state index is -4.71. The Bertz CT molecular complexity index is 749. The average molecular weight is 386 g/mol. The van der Waals surface area contributed by atoms with E-state index in [9.17, 15) is 13.2 Å². The van der Waals surface area contributed by atoms with Crippen LogP contribution in [-0.2, 0) is 11.8 Å². The van der Waals surface area contributed by atoms with Crippen molar-refractivity contribution >= 4 is 23.0 Å². The molecule has 2 aromatic rings. The lowest BCUT2D eigenvalue weighted by atomic mass is 9.98. The smallest absolute Gasteiger partial charge is 0.406 e. The summed E-state index contributed by atoms with van der Waals surface area (Å²) >= 11 is 1.62. The number of aliphatic imine (C=N–C) groups is 1. The number of ether oxygens (including phenoxy) is 1. The van der Waals surface area contributed by atoms with Crippen LogP contribution in [0, 0.1) is 0 Å². The van der Waals surface area contributed by atoms with Gasteiger partial charge in [0.15, 0.2) is 5.96 Å². The van der Waals surface area contributed by atoms with Gasteiger partial charge in [0, 0.05) is 29.4 Å². The predicted molar refractivity (Wildman–Crippen MR) is 97.8 cm³/mol. The van der Waals surface area contributed by atoms with Gasteiger partial charge in [-0.1, -0.05) is 20.8 Å². The maximum atomic E-state index is 12.1. The van der Waals surface area contributed by atoms with Crippen molar-refractivity contribution in [3.05, 3.63) is 40.3 Å². The number of guanidine groups is 1. The van der Waals surface area contributed by atoms with Crippen LogP contribution in [-0.4, -0.2) is 23.9 Å². The molecule has 0 saturated carbocycles. The van der Waals surface area contributed by atoms with Crippen LogP contribution in [0.3, 0.4) is 0 Å². The van der Waals surface area contributed by atoms with Crippen LogP contribution in [0.25, 0.3) is 0 Å². The summed E-state index contributed by atoms with van der Waals surface area (Å²) in [7, 11) is 0. The molecular formula is C17H21F3N4OS. The summed E-state index contributed by atoms with van der Waals surface area (Å²) < 4.78 is 40.2. The lowest BCUT2D eigenvalue weighted by Crippen LogP contribution is -2.23. The molecule has 0 spiro atoms. The lowest BCUT2D eigenvalue weighted by Gasteiger charge is -2.13. The number of halogens is 3. The molecule has 0 aliphatic rings. The van der Waals surface area contributed by atoms with Crippen molar-refractivity contribution in [2.24, 2.45) is 10.7 Å². The van der Waals surface area contributed by atoms with Crippen LogP contribution in [0.1, 0.15) is 31.5 Å². The quantitative estimate of drug-likeness (QED) is 0.593. The molecule has 0 atom stereocenters. The lowest BCUT2D eigenvalue weighted by molar-refractivity contribution is -0.274. The number of hydrogen-bond acceptors (Lipinski definition) is 4. The molecule has 1 aromatic heterocycles. The number of thiazole rings is 1. The molecular weight excluding hydrogens is 365 g/mol. The van der Waals surface area contributed by atoms with Crippen molar-refractivity contribution < 1.29 is 17.9 Å². The zero-order valence-corrected chi connectivity index (χ0v) is 15.5. The van der Waals surface area contributed by atoms with Crippen LogP contribution in [0.2, 0.25) is 0 Å². The summed E-state index contributed by atoms with van der Waals surface area (Å²) in [6, 6.07) is 5.26. The van der Waals surface area contributed by atoms with Gasteiger partial charge in [-0.3, -0.25) is 4.99 Å². The van der Waals surface area contributed by atoms with Gasteiger partial charge in [0.2, 0.25) is 0 Å². The fourth-order valence-electron chi connectivity index (χ4n) is 1.98. The number of hydrogen-bond donors (Lipinski definition) is 2. The summed E-state index contributed by atoms with van der Waals surface area (Å²) in [5.41, 5.74) is 7.30. The van der Waals surface area contributed by atoms with Crippen molar-refractivity contribution in [2.45, 2.75) is 39.0 Å². The molecule has 0 aliphatic carbocycles. The maximum Gasteiger partial charge on any atom is 0.573 e. The normalized spacial score (nSPS) is 12.9. The first-order chi connectivity index (χ1) is 12.0. The minimum absolute atomic E-state index is 0.0226. The topological polar surface area (TPSA) is 72.5 Å². The van der Waals surface area contributed by atoms with Crippen LogP contribution in [0.5, 0.6) is 5.75 Å². The Hall–Kier alpha value is -2.29. The fraction of sp³-hybridized carbons (Fsp3) is 0.412. The molecule has 1 aromatic carbocycles. The van der Waals surface area contributed by atoms with Gasteiger partial charge in [0.05, 0.1) is 10.7 Å². The second-order valence-electron chi connectivity index (χ2n) is 6.61. The first-order valence-electron chi connectivity index (χ1n) is 7.90. The third kappa shape index (κ3) is 6.55. The number of alkyl halides is 3. The molecule has 0 bridgehead atoms. The average Bonchev–Trinajstić information content (AvgIpc) is 2.97. The van der Waals surface area contributed by atoms with E-state index in [-0.39, 0.29) is 17.1 Å². The Labute approximate surface area is 154 Å². The third-order valence-electron chi connectivity index (χ3n) is 3.20. The molecule has 0 unspecified atom stereocenters. The van der Waals surface area contributed by atoms with Gasteiger partial charge in [0.25, 0.3) is 0 Å². The molecule has 26 heavy (non-hydrogen) atoms. The van der Waals surface area contributed by atoms with Crippen molar-refractivity contribution in [1.82, 2.24) is 4.98 Å². The van der Waals surface area contributed by atoms with E-state index < -0.39 is 6.36 Å². The number of nitrogens with zero attached hydrogens (tertiary/aromatic N) is 2. The Kier molecular flexibility index (Phi) is 6.12. The van der Waals surface area contributed by atoms with Gasteiger partial charge >= 0.3 is 6.36 Å². The monoisotopic (exact) mass is 386 g/mol. The van der Waals surface area contributed by atoms with E-state index in [0.717, 1.165) is 10.7 Å². The molecule has 0 aliphatic heterocycles. The Balaban J connectivity index is 1.85. The van der Waals surface area contributed by atoms with Gasteiger partial charge in [0.1, 0.15) is 5.75 Å². The van der Waals surface area contributed by atoms with Gasteiger partial charge in [-0.25, -0.2) is 4.98 Å². The highest BCUT2D eigenvalue weighted by molar-refractivity contribution is 7.09.